The SMILES string of the molecule is CC1C=CN2C(c3cc(Cl)nc(OCC(F)(F)F)c3)=NNC2C1Cl. The number of hydrogen-bond donors (Lipinski definition) is 1. The highest BCUT2D eigenvalue weighted by Crippen LogP contribution is 2.30. The van der Waals surface area contributed by atoms with Gasteiger partial charge in [-0.2, -0.15) is 18.3 Å². The lowest BCUT2D eigenvalue weighted by atomic mass is 10.0. The fourth-order valence-corrected chi connectivity index (χ4v) is 2.90. The first-order valence-electron chi connectivity index (χ1n) is 7.06. The first kappa shape index (κ1) is 17.2. The molecule has 1 N–H and O–H groups in total. The van der Waals surface area contributed by atoms with E-state index in [0.29, 0.717) is 11.4 Å². The quantitative estimate of drug-likeness (QED) is 0.645. The average Bonchev–Trinajstić information content (AvgIpc) is 2.92. The van der Waals surface area contributed by atoms with Gasteiger partial charge >= 0.3 is 6.18 Å². The third kappa shape index (κ3) is 3.54. The summed E-state index contributed by atoms with van der Waals surface area (Å²) in [4.78, 5) is 5.55. The number of allylic oxidation sites excluding steroid dienone is 1. The molecular weight excluding hydrogens is 368 g/mol. The number of amidine groups is 1. The molecule has 0 saturated heterocycles. The average molecular weight is 381 g/mol. The molecule has 3 rings (SSSR count). The highest BCUT2D eigenvalue weighted by atomic mass is 35.5. The van der Waals surface area contributed by atoms with Gasteiger partial charge in [0.05, 0.1) is 5.38 Å². The zero-order chi connectivity index (χ0) is 17.5. The van der Waals surface area contributed by atoms with Crippen molar-refractivity contribution >= 4 is 29.0 Å². The van der Waals surface area contributed by atoms with Crippen LogP contribution < -0.4 is 10.2 Å². The largest absolute Gasteiger partial charge is 0.468 e. The van der Waals surface area contributed by atoms with Crippen LogP contribution in [-0.2, 0) is 0 Å². The molecule has 2 aliphatic heterocycles. The second-order valence-corrected chi connectivity index (χ2v) is 6.37. The van der Waals surface area contributed by atoms with E-state index in [1.807, 2.05) is 19.2 Å². The minimum Gasteiger partial charge on any atom is -0.468 e. The van der Waals surface area contributed by atoms with Crippen molar-refractivity contribution in [2.24, 2.45) is 11.0 Å². The molecule has 5 nitrogen and oxygen atoms in total. The lowest BCUT2D eigenvalue weighted by molar-refractivity contribution is -0.154. The van der Waals surface area contributed by atoms with Crippen molar-refractivity contribution in [3.05, 3.63) is 35.1 Å². The molecule has 3 atom stereocenters. The molecule has 10 heteroatoms. The van der Waals surface area contributed by atoms with Gasteiger partial charge in [-0.3, -0.25) is 5.43 Å². The molecule has 0 radical (unpaired) electrons. The molecule has 0 aromatic carbocycles. The Balaban J connectivity index is 1.85. The molecule has 2 aliphatic rings. The van der Waals surface area contributed by atoms with Gasteiger partial charge in [-0.05, 0) is 12.0 Å². The number of nitrogens with zero attached hydrogens (tertiary/aromatic N) is 3. The van der Waals surface area contributed by atoms with Gasteiger partial charge in [0.15, 0.2) is 12.4 Å². The summed E-state index contributed by atoms with van der Waals surface area (Å²) in [6.07, 6.45) is -0.939. The number of halogens is 5. The van der Waals surface area contributed by atoms with Crippen molar-refractivity contribution in [3.63, 3.8) is 0 Å². The Morgan fingerprint density at radius 2 is 2.12 bits per heavy atom. The summed E-state index contributed by atoms with van der Waals surface area (Å²) in [7, 11) is 0. The Morgan fingerprint density at radius 3 is 2.83 bits per heavy atom. The molecular formula is C14H13Cl2F3N4O. The Morgan fingerprint density at radius 1 is 1.38 bits per heavy atom. The molecule has 130 valence electrons. The van der Waals surface area contributed by atoms with Crippen LogP contribution in [0.25, 0.3) is 0 Å². The topological polar surface area (TPSA) is 49.8 Å². The van der Waals surface area contributed by atoms with Crippen molar-refractivity contribution in [1.29, 1.82) is 0 Å². The number of aromatic nitrogens is 1. The summed E-state index contributed by atoms with van der Waals surface area (Å²) in [5.41, 5.74) is 3.41. The van der Waals surface area contributed by atoms with Crippen LogP contribution >= 0.6 is 23.2 Å². The highest BCUT2D eigenvalue weighted by Gasteiger charge is 2.37. The molecule has 3 unspecified atom stereocenters. The Labute approximate surface area is 146 Å². The van der Waals surface area contributed by atoms with E-state index < -0.39 is 12.8 Å². The standard InChI is InChI=1S/C14H13Cl2F3N4O/c1-7-2-3-23-12(21-22-13(23)11(7)16)8-4-9(15)20-10(5-8)24-6-14(17,18)19/h2-5,7,11,13,22H,6H2,1H3. The second-order valence-electron chi connectivity index (χ2n) is 5.48. The maximum atomic E-state index is 12.3. The Hall–Kier alpha value is -1.67. The Kier molecular flexibility index (Phi) is 4.52. The lowest BCUT2D eigenvalue weighted by Crippen LogP contribution is -2.48. The van der Waals surface area contributed by atoms with Crippen LogP contribution in [0.5, 0.6) is 5.88 Å². The smallest absolute Gasteiger partial charge is 0.422 e. The van der Waals surface area contributed by atoms with E-state index in [4.69, 9.17) is 23.2 Å². The molecule has 0 spiro atoms. The monoisotopic (exact) mass is 380 g/mol. The van der Waals surface area contributed by atoms with Crippen LogP contribution in [0, 0.1) is 5.92 Å². The van der Waals surface area contributed by atoms with E-state index in [2.05, 4.69) is 20.2 Å². The van der Waals surface area contributed by atoms with Gasteiger partial charge in [0.1, 0.15) is 11.3 Å². The van der Waals surface area contributed by atoms with Crippen LogP contribution in [0.2, 0.25) is 5.15 Å². The highest BCUT2D eigenvalue weighted by molar-refractivity contribution is 6.30. The minimum absolute atomic E-state index is 0.00704. The summed E-state index contributed by atoms with van der Waals surface area (Å²) in [5, 5.41) is 4.01. The number of nitrogens with one attached hydrogen (secondary N) is 1. The number of pyridine rings is 1. The zero-order valence-electron chi connectivity index (χ0n) is 12.4. The van der Waals surface area contributed by atoms with Gasteiger partial charge in [-0.15, -0.1) is 11.6 Å². The van der Waals surface area contributed by atoms with Gasteiger partial charge in [-0.1, -0.05) is 24.6 Å². The number of hydrazone groups is 1. The van der Waals surface area contributed by atoms with Crippen molar-refractivity contribution in [1.82, 2.24) is 15.3 Å². The van der Waals surface area contributed by atoms with Crippen LogP contribution in [-0.4, -0.2) is 40.0 Å². The number of ether oxygens (including phenoxy) is 1. The van der Waals surface area contributed by atoms with Crippen LogP contribution in [0.4, 0.5) is 13.2 Å². The van der Waals surface area contributed by atoms with E-state index in [1.165, 1.54) is 12.1 Å². The first-order valence-corrected chi connectivity index (χ1v) is 7.87. The molecule has 3 heterocycles. The van der Waals surface area contributed by atoms with Gasteiger partial charge < -0.3 is 9.64 Å². The van der Waals surface area contributed by atoms with Crippen LogP contribution in [0.3, 0.4) is 0 Å². The summed E-state index contributed by atoms with van der Waals surface area (Å²) in [5.74, 6) is 0.411. The predicted molar refractivity (Wildman–Crippen MR) is 84.0 cm³/mol. The Bertz CT molecular complexity index is 695. The number of alkyl halides is 4. The molecule has 0 saturated carbocycles. The van der Waals surface area contributed by atoms with Gasteiger partial charge in [0.2, 0.25) is 5.88 Å². The lowest BCUT2D eigenvalue weighted by Gasteiger charge is -2.33. The van der Waals surface area contributed by atoms with Gasteiger partial charge in [-0.25, -0.2) is 4.98 Å². The fraction of sp³-hybridized carbons (Fsp3) is 0.429. The maximum Gasteiger partial charge on any atom is 0.422 e. The van der Waals surface area contributed by atoms with Crippen LogP contribution in [0.15, 0.2) is 29.5 Å². The third-order valence-electron chi connectivity index (χ3n) is 3.61. The normalized spacial score (nSPS) is 26.0. The number of fused-ring (bicyclic) bond motifs is 1. The van der Waals surface area contributed by atoms with Crippen molar-refractivity contribution in [3.8, 4) is 5.88 Å². The maximum absolute atomic E-state index is 12.3. The first-order chi connectivity index (χ1) is 11.2. The number of rotatable bonds is 3. The number of hydrogen-bond acceptors (Lipinski definition) is 5. The molecule has 0 amide bonds. The molecule has 0 aliphatic carbocycles. The molecule has 0 bridgehead atoms. The van der Waals surface area contributed by atoms with E-state index in [1.54, 1.807) is 4.90 Å². The van der Waals surface area contributed by atoms with E-state index >= 15 is 0 Å². The zero-order valence-corrected chi connectivity index (χ0v) is 13.9. The summed E-state index contributed by atoms with van der Waals surface area (Å²) in [6, 6.07) is 2.86. The third-order valence-corrected chi connectivity index (χ3v) is 4.44. The predicted octanol–water partition coefficient (Wildman–Crippen LogP) is 3.34. The molecule has 24 heavy (non-hydrogen) atoms. The van der Waals surface area contributed by atoms with Gasteiger partial charge in [0, 0.05) is 17.8 Å². The second kappa shape index (κ2) is 6.33. The molecule has 1 aromatic heterocycles. The minimum atomic E-state index is -4.46. The van der Waals surface area contributed by atoms with Crippen molar-refractivity contribution in [2.45, 2.75) is 24.6 Å². The fourth-order valence-electron chi connectivity index (χ4n) is 2.43. The van der Waals surface area contributed by atoms with Crippen LogP contribution in [0.1, 0.15) is 12.5 Å². The summed E-state index contributed by atoms with van der Waals surface area (Å²) in [6.45, 7) is 0.537. The van der Waals surface area contributed by atoms with E-state index in [-0.39, 0.29) is 28.5 Å². The summed E-state index contributed by atoms with van der Waals surface area (Å²) >= 11 is 12.3. The van der Waals surface area contributed by atoms with E-state index in [0.717, 1.165) is 0 Å². The molecule has 1 aromatic rings. The van der Waals surface area contributed by atoms with Gasteiger partial charge in [0.25, 0.3) is 0 Å². The van der Waals surface area contributed by atoms with Crippen molar-refractivity contribution < 1.29 is 17.9 Å². The summed E-state index contributed by atoms with van der Waals surface area (Å²) < 4.78 is 41.5. The van der Waals surface area contributed by atoms with Crippen molar-refractivity contribution in [2.75, 3.05) is 6.61 Å². The van der Waals surface area contributed by atoms with E-state index in [9.17, 15) is 13.2 Å². The molecule has 0 fully saturated rings.